The molecule has 42 valence electrons. The summed E-state index contributed by atoms with van der Waals surface area (Å²) in [5.41, 5.74) is 1.86. The van der Waals surface area contributed by atoms with Crippen LogP contribution in [-0.2, 0) is 0 Å². The fraction of sp³-hybridized carbons (Fsp3) is 0.167. The predicted octanol–water partition coefficient (Wildman–Crippen LogP) is 0.776. The van der Waals surface area contributed by atoms with Gasteiger partial charge in [-0.2, -0.15) is 0 Å². The van der Waals surface area contributed by atoms with Gasteiger partial charge in [-0.15, -0.1) is 0 Å². The Bertz CT molecular complexity index is 165. The summed E-state index contributed by atoms with van der Waals surface area (Å²) in [6, 6.07) is 5.79. The van der Waals surface area contributed by atoms with Gasteiger partial charge in [0.2, 0.25) is 0 Å². The zero-order valence-electron chi connectivity index (χ0n) is 4.76. The molecule has 0 saturated heterocycles. The molecule has 0 aliphatic heterocycles. The molecular formula is C6H8OSi. The molecule has 0 saturated carbocycles. The number of hydrogen-bond acceptors (Lipinski definition) is 1. The SMILES string of the molecule is Cc1cccc[si]1O. The van der Waals surface area contributed by atoms with Gasteiger partial charge in [0.25, 0.3) is 8.64 Å². The first-order chi connectivity index (χ1) is 3.80. The van der Waals surface area contributed by atoms with E-state index in [1.807, 2.05) is 30.8 Å². The quantitative estimate of drug-likeness (QED) is 0.507. The van der Waals surface area contributed by atoms with E-state index in [0.717, 1.165) is 5.17 Å². The summed E-state index contributed by atoms with van der Waals surface area (Å²) < 4.78 is 0. The van der Waals surface area contributed by atoms with Crippen LogP contribution < -0.4 is 0 Å². The first kappa shape index (κ1) is 5.50. The summed E-state index contributed by atoms with van der Waals surface area (Å²) in [4.78, 5) is 9.10. The Morgan fingerprint density at radius 3 is 2.62 bits per heavy atom. The van der Waals surface area contributed by atoms with Crippen LogP contribution in [0.15, 0.2) is 23.9 Å². The van der Waals surface area contributed by atoms with E-state index in [2.05, 4.69) is 0 Å². The third kappa shape index (κ3) is 0.952. The van der Waals surface area contributed by atoms with E-state index in [9.17, 15) is 0 Å². The third-order valence-electron chi connectivity index (χ3n) is 1.12. The second-order valence-corrected chi connectivity index (χ2v) is 3.68. The Morgan fingerprint density at radius 2 is 2.25 bits per heavy atom. The topological polar surface area (TPSA) is 20.2 Å². The Morgan fingerprint density at radius 1 is 1.50 bits per heavy atom. The van der Waals surface area contributed by atoms with Crippen molar-refractivity contribution >= 4 is 8.64 Å². The summed E-state index contributed by atoms with van der Waals surface area (Å²) in [5.74, 6) is 0. The van der Waals surface area contributed by atoms with Gasteiger partial charge in [0, 0.05) is 0 Å². The molecule has 0 amide bonds. The van der Waals surface area contributed by atoms with Crippen molar-refractivity contribution in [1.82, 2.24) is 0 Å². The van der Waals surface area contributed by atoms with Crippen LogP contribution in [0.25, 0.3) is 0 Å². The molecule has 1 heterocycles. The van der Waals surface area contributed by atoms with Crippen LogP contribution in [0.3, 0.4) is 0 Å². The molecule has 0 bridgehead atoms. The molecule has 1 N–H and O–H groups in total. The molecule has 8 heavy (non-hydrogen) atoms. The summed E-state index contributed by atoms with van der Waals surface area (Å²) in [6.07, 6.45) is 0. The molecular weight excluding hydrogens is 116 g/mol. The highest BCUT2D eigenvalue weighted by atomic mass is 28.3. The van der Waals surface area contributed by atoms with Crippen LogP contribution in [0, 0.1) is 6.92 Å². The minimum absolute atomic E-state index is 1.11. The lowest BCUT2D eigenvalue weighted by Crippen LogP contribution is -1.96. The van der Waals surface area contributed by atoms with Gasteiger partial charge >= 0.3 is 0 Å². The smallest absolute Gasteiger partial charge is 0.261 e. The molecule has 0 atom stereocenters. The van der Waals surface area contributed by atoms with E-state index in [-0.39, 0.29) is 0 Å². The van der Waals surface area contributed by atoms with Gasteiger partial charge < -0.3 is 4.80 Å². The number of hydrogen-bond donors (Lipinski definition) is 1. The lowest BCUT2D eigenvalue weighted by molar-refractivity contribution is 0.604. The van der Waals surface area contributed by atoms with Crippen LogP contribution in [-0.4, -0.2) is 13.4 Å². The second kappa shape index (κ2) is 2.09. The molecule has 0 unspecified atom stereocenters. The number of aryl methyl sites for hydroxylation is 1. The first-order valence-corrected chi connectivity index (χ1v) is 4.08. The van der Waals surface area contributed by atoms with Crippen LogP contribution >= 0.6 is 0 Å². The lowest BCUT2D eigenvalue weighted by Gasteiger charge is -1.90. The Labute approximate surface area is 50.3 Å². The molecule has 1 aromatic rings. The largest absolute Gasteiger partial charge is 0.563 e. The lowest BCUT2D eigenvalue weighted by atomic mass is 10.5. The van der Waals surface area contributed by atoms with Crippen LogP contribution in [0.5, 0.6) is 0 Å². The molecule has 1 rings (SSSR count). The van der Waals surface area contributed by atoms with Gasteiger partial charge in [-0.3, -0.25) is 0 Å². The van der Waals surface area contributed by atoms with E-state index in [1.165, 1.54) is 0 Å². The van der Waals surface area contributed by atoms with E-state index in [0.29, 0.717) is 0 Å². The average Bonchev–Trinajstić information content (AvgIpc) is 1.77. The zero-order chi connectivity index (χ0) is 5.98. The normalized spacial score (nSPS) is 9.12. The summed E-state index contributed by atoms with van der Waals surface area (Å²) >= 11 is 0. The minimum atomic E-state index is -1.22. The molecule has 0 spiro atoms. The van der Waals surface area contributed by atoms with Gasteiger partial charge in [-0.1, -0.05) is 18.2 Å². The first-order valence-electron chi connectivity index (χ1n) is 2.55. The highest BCUT2D eigenvalue weighted by molar-refractivity contribution is 6.44. The van der Waals surface area contributed by atoms with Gasteiger partial charge in [0.1, 0.15) is 0 Å². The standard InChI is InChI=1S/C6H8OSi/c1-6-4-2-3-5-8(6)7/h2-5,7H,1H3. The maximum Gasteiger partial charge on any atom is 0.261 e. The maximum atomic E-state index is 9.10. The third-order valence-corrected chi connectivity index (χ3v) is 2.60. The van der Waals surface area contributed by atoms with Crippen molar-refractivity contribution in [2.24, 2.45) is 0 Å². The Balaban J connectivity index is 3.13. The van der Waals surface area contributed by atoms with Crippen LogP contribution in [0.2, 0.25) is 0 Å². The van der Waals surface area contributed by atoms with Gasteiger partial charge in [0.15, 0.2) is 0 Å². The Kier molecular flexibility index (Phi) is 1.44. The van der Waals surface area contributed by atoms with Crippen molar-refractivity contribution in [1.29, 1.82) is 0 Å². The number of rotatable bonds is 0. The van der Waals surface area contributed by atoms with Crippen molar-refractivity contribution in [2.75, 3.05) is 0 Å². The highest BCUT2D eigenvalue weighted by Crippen LogP contribution is 1.90. The highest BCUT2D eigenvalue weighted by Gasteiger charge is 1.90. The van der Waals surface area contributed by atoms with E-state index < -0.39 is 8.64 Å². The maximum absolute atomic E-state index is 9.10. The van der Waals surface area contributed by atoms with Gasteiger partial charge in [0.05, 0.1) is 0 Å². The molecule has 1 aromatic heterocycles. The molecule has 0 aliphatic rings. The fourth-order valence-electron chi connectivity index (χ4n) is 0.563. The summed E-state index contributed by atoms with van der Waals surface area (Å²) in [6.45, 7) is 1.95. The van der Waals surface area contributed by atoms with Crippen molar-refractivity contribution in [2.45, 2.75) is 6.92 Å². The van der Waals surface area contributed by atoms with E-state index in [4.69, 9.17) is 4.80 Å². The fourth-order valence-corrected chi connectivity index (χ4v) is 1.39. The molecule has 0 aromatic carbocycles. The average molecular weight is 124 g/mol. The van der Waals surface area contributed by atoms with Gasteiger partial charge in [-0.05, 0) is 17.8 Å². The van der Waals surface area contributed by atoms with Crippen molar-refractivity contribution in [3.8, 4) is 0 Å². The van der Waals surface area contributed by atoms with Crippen molar-refractivity contribution in [3.05, 3.63) is 29.1 Å². The van der Waals surface area contributed by atoms with Gasteiger partial charge in [-0.25, -0.2) is 0 Å². The zero-order valence-corrected chi connectivity index (χ0v) is 5.76. The minimum Gasteiger partial charge on any atom is -0.563 e. The monoisotopic (exact) mass is 124 g/mol. The molecule has 0 fully saturated rings. The van der Waals surface area contributed by atoms with Crippen molar-refractivity contribution < 1.29 is 4.80 Å². The molecule has 0 radical (unpaired) electrons. The molecule has 2 heteroatoms. The summed E-state index contributed by atoms with van der Waals surface area (Å²) in [7, 11) is -1.22. The Hall–Kier alpha value is -0.633. The second-order valence-electron chi connectivity index (χ2n) is 1.79. The molecule has 1 nitrogen and oxygen atoms in total. The summed E-state index contributed by atoms with van der Waals surface area (Å²) in [5, 5.41) is 1.11. The van der Waals surface area contributed by atoms with E-state index >= 15 is 0 Å². The van der Waals surface area contributed by atoms with Crippen LogP contribution in [0.1, 0.15) is 5.17 Å². The van der Waals surface area contributed by atoms with Crippen LogP contribution in [0.4, 0.5) is 0 Å². The molecule has 0 aliphatic carbocycles. The van der Waals surface area contributed by atoms with Crippen molar-refractivity contribution in [3.63, 3.8) is 0 Å². The predicted molar refractivity (Wildman–Crippen MR) is 34.7 cm³/mol. The van der Waals surface area contributed by atoms with E-state index in [1.54, 1.807) is 0 Å².